The van der Waals surface area contributed by atoms with E-state index in [1.54, 1.807) is 6.92 Å². The molecule has 70 valence electrons. The Hall–Kier alpha value is -0.370. The molecule has 0 spiro atoms. The van der Waals surface area contributed by atoms with Crippen molar-refractivity contribution < 1.29 is 4.79 Å². The molecule has 1 unspecified atom stereocenters. The maximum atomic E-state index is 10.9. The number of ketones is 1. The molecule has 0 radical (unpaired) electrons. The van der Waals surface area contributed by atoms with E-state index in [9.17, 15) is 4.79 Å². The number of nitrogens with zero attached hydrogens (tertiary/aromatic N) is 1. The van der Waals surface area contributed by atoms with E-state index in [2.05, 4.69) is 11.9 Å². The Morgan fingerprint density at radius 2 is 2.25 bits per heavy atom. The predicted molar refractivity (Wildman–Crippen MR) is 50.1 cm³/mol. The minimum atomic E-state index is 0.343. The van der Waals surface area contributed by atoms with E-state index >= 15 is 0 Å². The van der Waals surface area contributed by atoms with Crippen molar-refractivity contribution >= 4 is 5.78 Å². The van der Waals surface area contributed by atoms with Gasteiger partial charge in [-0.25, -0.2) is 0 Å². The summed E-state index contributed by atoms with van der Waals surface area (Å²) in [7, 11) is 2.15. The van der Waals surface area contributed by atoms with Gasteiger partial charge in [0.2, 0.25) is 0 Å². The van der Waals surface area contributed by atoms with Gasteiger partial charge in [-0.05, 0) is 39.3 Å². The second-order valence-electron chi connectivity index (χ2n) is 4.03. The molecule has 0 bridgehead atoms. The average Bonchev–Trinajstić information content (AvgIpc) is 2.12. The summed E-state index contributed by atoms with van der Waals surface area (Å²) in [5, 5.41) is 0. The van der Waals surface area contributed by atoms with Gasteiger partial charge in [0.05, 0.1) is 0 Å². The fourth-order valence-electron chi connectivity index (χ4n) is 2.01. The van der Waals surface area contributed by atoms with Crippen molar-refractivity contribution in [1.82, 2.24) is 4.90 Å². The molecule has 0 saturated carbocycles. The van der Waals surface area contributed by atoms with Gasteiger partial charge in [0.1, 0.15) is 5.78 Å². The highest BCUT2D eigenvalue weighted by Gasteiger charge is 2.16. The van der Waals surface area contributed by atoms with Gasteiger partial charge in [0.25, 0.3) is 0 Å². The third-order valence-corrected chi connectivity index (χ3v) is 2.55. The van der Waals surface area contributed by atoms with Gasteiger partial charge in [0.15, 0.2) is 0 Å². The topological polar surface area (TPSA) is 20.3 Å². The van der Waals surface area contributed by atoms with Crippen LogP contribution in [0.1, 0.15) is 32.6 Å². The molecule has 12 heavy (non-hydrogen) atoms. The number of hydrogen-bond acceptors (Lipinski definition) is 2. The maximum absolute atomic E-state index is 10.9. The lowest BCUT2D eigenvalue weighted by atomic mass is 9.98. The van der Waals surface area contributed by atoms with Crippen LogP contribution in [0.5, 0.6) is 0 Å². The number of carbonyl (C=O) groups excluding carboxylic acids is 1. The van der Waals surface area contributed by atoms with E-state index in [4.69, 9.17) is 0 Å². The zero-order valence-electron chi connectivity index (χ0n) is 8.18. The number of Topliss-reactive ketones (excluding diaryl/α,β-unsaturated/α-hetero) is 1. The van der Waals surface area contributed by atoms with Crippen molar-refractivity contribution in [1.29, 1.82) is 0 Å². The van der Waals surface area contributed by atoms with E-state index in [-0.39, 0.29) is 0 Å². The molecule has 0 aromatic heterocycles. The summed E-state index contributed by atoms with van der Waals surface area (Å²) in [6.45, 7) is 4.01. The number of rotatable bonds is 2. The van der Waals surface area contributed by atoms with Crippen molar-refractivity contribution in [2.45, 2.75) is 32.6 Å². The molecule has 2 nitrogen and oxygen atoms in total. The summed E-state index contributed by atoms with van der Waals surface area (Å²) in [5.41, 5.74) is 0. The van der Waals surface area contributed by atoms with Crippen LogP contribution >= 0.6 is 0 Å². The Labute approximate surface area is 74.9 Å². The van der Waals surface area contributed by atoms with Gasteiger partial charge in [0, 0.05) is 13.0 Å². The molecule has 1 saturated heterocycles. The molecule has 0 aromatic rings. The van der Waals surface area contributed by atoms with Crippen LogP contribution in [0.4, 0.5) is 0 Å². The minimum Gasteiger partial charge on any atom is -0.306 e. The van der Waals surface area contributed by atoms with Gasteiger partial charge < -0.3 is 9.69 Å². The molecule has 2 heteroatoms. The molecule has 1 rings (SSSR count). The Morgan fingerprint density at radius 1 is 1.50 bits per heavy atom. The van der Waals surface area contributed by atoms with E-state index in [1.807, 2.05) is 0 Å². The Kier molecular flexibility index (Phi) is 3.73. The van der Waals surface area contributed by atoms with Crippen molar-refractivity contribution in [2.24, 2.45) is 5.92 Å². The van der Waals surface area contributed by atoms with Crippen LogP contribution in [0.3, 0.4) is 0 Å². The first-order valence-electron chi connectivity index (χ1n) is 4.86. The summed E-state index contributed by atoms with van der Waals surface area (Å²) >= 11 is 0. The molecular weight excluding hydrogens is 150 g/mol. The van der Waals surface area contributed by atoms with Crippen molar-refractivity contribution in [2.75, 3.05) is 20.1 Å². The standard InChI is InChI=1S/C10H19NO/c1-9(12)7-10-5-3-4-6-11(2)8-10/h10H,3-8H2,1-2H3. The van der Waals surface area contributed by atoms with Crippen LogP contribution in [0.2, 0.25) is 0 Å². The molecule has 0 aromatic carbocycles. The fraction of sp³-hybridized carbons (Fsp3) is 0.900. The summed E-state index contributed by atoms with van der Waals surface area (Å²) < 4.78 is 0. The highest BCUT2D eigenvalue weighted by molar-refractivity contribution is 5.75. The lowest BCUT2D eigenvalue weighted by molar-refractivity contribution is -0.118. The highest BCUT2D eigenvalue weighted by atomic mass is 16.1. The summed E-state index contributed by atoms with van der Waals surface area (Å²) in [6.07, 6.45) is 4.61. The molecule has 1 aliphatic rings. The lowest BCUT2D eigenvalue weighted by Gasteiger charge is -2.18. The Bertz CT molecular complexity index is 156. The third-order valence-electron chi connectivity index (χ3n) is 2.55. The van der Waals surface area contributed by atoms with E-state index in [1.165, 1.54) is 25.8 Å². The predicted octanol–water partition coefficient (Wildman–Crippen LogP) is 1.70. The van der Waals surface area contributed by atoms with Crippen LogP contribution in [0, 0.1) is 5.92 Å². The summed E-state index contributed by atoms with van der Waals surface area (Å²) in [6, 6.07) is 0. The first-order valence-corrected chi connectivity index (χ1v) is 4.86. The van der Waals surface area contributed by atoms with Crippen LogP contribution < -0.4 is 0 Å². The average molecular weight is 169 g/mol. The zero-order valence-corrected chi connectivity index (χ0v) is 8.18. The lowest BCUT2D eigenvalue weighted by Crippen LogP contribution is -2.24. The fourth-order valence-corrected chi connectivity index (χ4v) is 2.01. The van der Waals surface area contributed by atoms with E-state index in [0.29, 0.717) is 11.7 Å². The first kappa shape index (κ1) is 9.72. The smallest absolute Gasteiger partial charge is 0.130 e. The van der Waals surface area contributed by atoms with Crippen LogP contribution in [0.15, 0.2) is 0 Å². The van der Waals surface area contributed by atoms with E-state index in [0.717, 1.165) is 13.0 Å². The normalized spacial score (nSPS) is 26.7. The first-order chi connectivity index (χ1) is 5.68. The van der Waals surface area contributed by atoms with Crippen molar-refractivity contribution in [3.63, 3.8) is 0 Å². The van der Waals surface area contributed by atoms with Crippen LogP contribution in [-0.4, -0.2) is 30.8 Å². The molecule has 0 amide bonds. The number of carbonyl (C=O) groups is 1. The largest absolute Gasteiger partial charge is 0.306 e. The minimum absolute atomic E-state index is 0.343. The Morgan fingerprint density at radius 3 is 2.92 bits per heavy atom. The molecule has 1 atom stereocenters. The molecule has 0 N–H and O–H groups in total. The third kappa shape index (κ3) is 3.35. The zero-order chi connectivity index (χ0) is 8.97. The van der Waals surface area contributed by atoms with E-state index < -0.39 is 0 Å². The van der Waals surface area contributed by atoms with Gasteiger partial charge in [-0.2, -0.15) is 0 Å². The molecule has 0 aliphatic carbocycles. The summed E-state index contributed by atoms with van der Waals surface area (Å²) in [5.74, 6) is 0.963. The quantitative estimate of drug-likeness (QED) is 0.627. The second kappa shape index (κ2) is 4.61. The molecule has 1 heterocycles. The molecular formula is C10H19NO. The van der Waals surface area contributed by atoms with Gasteiger partial charge >= 0.3 is 0 Å². The SMILES string of the molecule is CC(=O)CC1CCCCN(C)C1. The highest BCUT2D eigenvalue weighted by Crippen LogP contribution is 2.18. The maximum Gasteiger partial charge on any atom is 0.130 e. The van der Waals surface area contributed by atoms with Gasteiger partial charge in [-0.15, -0.1) is 0 Å². The van der Waals surface area contributed by atoms with Crippen molar-refractivity contribution in [3.05, 3.63) is 0 Å². The molecule has 1 fully saturated rings. The summed E-state index contributed by atoms with van der Waals surface area (Å²) in [4.78, 5) is 13.3. The molecule has 1 aliphatic heterocycles. The van der Waals surface area contributed by atoms with Gasteiger partial charge in [-0.1, -0.05) is 6.42 Å². The monoisotopic (exact) mass is 169 g/mol. The van der Waals surface area contributed by atoms with Crippen LogP contribution in [-0.2, 0) is 4.79 Å². The second-order valence-corrected chi connectivity index (χ2v) is 4.03. The van der Waals surface area contributed by atoms with Gasteiger partial charge in [-0.3, -0.25) is 0 Å². The van der Waals surface area contributed by atoms with Crippen molar-refractivity contribution in [3.8, 4) is 0 Å². The number of likely N-dealkylation sites (tertiary alicyclic amines) is 1. The number of hydrogen-bond donors (Lipinski definition) is 0. The van der Waals surface area contributed by atoms with Crippen LogP contribution in [0.25, 0.3) is 0 Å². The Balaban J connectivity index is 2.35.